The molecule has 2 aromatic rings. The molecule has 0 heterocycles. The highest BCUT2D eigenvalue weighted by atomic mass is 127. The average Bonchev–Trinajstić information content (AvgIpc) is 2.41. The number of nitrogens with zero attached hydrogens (tertiary/aromatic N) is 1. The summed E-state index contributed by atoms with van der Waals surface area (Å²) in [5, 5.41) is 15.4. The van der Waals surface area contributed by atoms with Crippen LogP contribution in [0, 0.1) is 3.57 Å². The van der Waals surface area contributed by atoms with E-state index in [0.717, 1.165) is 16.9 Å². The molecule has 3 nitrogen and oxygen atoms in total. The Labute approximate surface area is 120 Å². The maximum absolute atomic E-state index is 8.87. The van der Waals surface area contributed by atoms with Gasteiger partial charge in [0.2, 0.25) is 0 Å². The summed E-state index contributed by atoms with van der Waals surface area (Å²) in [5.41, 5.74) is 3.41. The number of hydrogen-bond donors (Lipinski definition) is 2. The van der Waals surface area contributed by atoms with Crippen molar-refractivity contribution in [3.05, 3.63) is 57.7 Å². The van der Waals surface area contributed by atoms with Gasteiger partial charge in [-0.15, -0.1) is 0 Å². The molecule has 0 amide bonds. The first kappa shape index (κ1) is 12.9. The van der Waals surface area contributed by atoms with Crippen molar-refractivity contribution in [2.75, 3.05) is 5.32 Å². The summed E-state index contributed by atoms with van der Waals surface area (Å²) in [6.45, 7) is 1.77. The van der Waals surface area contributed by atoms with Crippen LogP contribution in [0.25, 0.3) is 0 Å². The zero-order valence-electron chi connectivity index (χ0n) is 9.89. The van der Waals surface area contributed by atoms with Gasteiger partial charge in [-0.2, -0.15) is 0 Å². The zero-order valence-corrected chi connectivity index (χ0v) is 12.0. The Morgan fingerprint density at radius 2 is 1.78 bits per heavy atom. The maximum atomic E-state index is 8.87. The van der Waals surface area contributed by atoms with Crippen LogP contribution in [0.5, 0.6) is 0 Å². The van der Waals surface area contributed by atoms with Gasteiger partial charge in [0.15, 0.2) is 0 Å². The van der Waals surface area contributed by atoms with Crippen molar-refractivity contribution in [3.8, 4) is 0 Å². The summed E-state index contributed by atoms with van der Waals surface area (Å²) < 4.78 is 1.19. The van der Waals surface area contributed by atoms with Gasteiger partial charge in [0.05, 0.1) is 5.71 Å². The van der Waals surface area contributed by atoms with Crippen molar-refractivity contribution in [3.63, 3.8) is 0 Å². The van der Waals surface area contributed by atoms with Crippen LogP contribution in [-0.4, -0.2) is 10.9 Å². The van der Waals surface area contributed by atoms with Crippen molar-refractivity contribution in [1.82, 2.24) is 0 Å². The molecule has 0 aliphatic carbocycles. The predicted molar refractivity (Wildman–Crippen MR) is 82.9 cm³/mol. The van der Waals surface area contributed by atoms with Crippen LogP contribution in [0.2, 0.25) is 0 Å². The Kier molecular flexibility index (Phi) is 4.19. The minimum absolute atomic E-state index is 0.587. The molecule has 0 saturated carbocycles. The molecule has 4 heteroatoms. The highest BCUT2D eigenvalue weighted by Crippen LogP contribution is 2.22. The summed E-state index contributed by atoms with van der Waals surface area (Å²) in [6, 6.07) is 15.9. The van der Waals surface area contributed by atoms with E-state index < -0.39 is 0 Å². The third-order valence-corrected chi connectivity index (χ3v) is 3.31. The second-order valence-corrected chi connectivity index (χ2v) is 5.11. The van der Waals surface area contributed by atoms with E-state index in [4.69, 9.17) is 5.21 Å². The van der Waals surface area contributed by atoms with Gasteiger partial charge in [0.1, 0.15) is 0 Å². The van der Waals surface area contributed by atoms with E-state index >= 15 is 0 Å². The quantitative estimate of drug-likeness (QED) is 0.376. The van der Waals surface area contributed by atoms with Crippen molar-refractivity contribution >= 4 is 39.7 Å². The lowest BCUT2D eigenvalue weighted by molar-refractivity contribution is 0.319. The molecule has 2 N–H and O–H groups in total. The number of benzene rings is 2. The lowest BCUT2D eigenvalue weighted by Gasteiger charge is -2.11. The summed E-state index contributed by atoms with van der Waals surface area (Å²) in [4.78, 5) is 0. The number of anilines is 2. The lowest BCUT2D eigenvalue weighted by Crippen LogP contribution is -2.01. The van der Waals surface area contributed by atoms with Crippen LogP contribution in [-0.2, 0) is 0 Å². The van der Waals surface area contributed by atoms with Crippen molar-refractivity contribution in [2.45, 2.75) is 6.92 Å². The van der Waals surface area contributed by atoms with E-state index in [9.17, 15) is 0 Å². The highest BCUT2D eigenvalue weighted by molar-refractivity contribution is 14.1. The summed E-state index contributed by atoms with van der Waals surface area (Å²) in [7, 11) is 0. The maximum Gasteiger partial charge on any atom is 0.0857 e. The fourth-order valence-electron chi connectivity index (χ4n) is 1.65. The van der Waals surface area contributed by atoms with Gasteiger partial charge in [-0.3, -0.25) is 0 Å². The molecule has 0 aliphatic heterocycles. The Balaban J connectivity index is 2.32. The molecule has 0 unspecified atom stereocenters. The first-order valence-electron chi connectivity index (χ1n) is 5.51. The molecule has 92 valence electrons. The highest BCUT2D eigenvalue weighted by Gasteiger charge is 2.05. The van der Waals surface area contributed by atoms with Crippen LogP contribution in [0.3, 0.4) is 0 Å². The second kappa shape index (κ2) is 5.86. The summed E-state index contributed by atoms with van der Waals surface area (Å²) in [6.07, 6.45) is 0. The number of nitrogens with one attached hydrogen (secondary N) is 1. The fourth-order valence-corrected chi connectivity index (χ4v) is 2.01. The van der Waals surface area contributed by atoms with Gasteiger partial charge in [0, 0.05) is 20.5 Å². The third kappa shape index (κ3) is 3.01. The van der Waals surface area contributed by atoms with Crippen molar-refractivity contribution in [1.29, 1.82) is 0 Å². The van der Waals surface area contributed by atoms with Crippen LogP contribution in [0.1, 0.15) is 12.5 Å². The van der Waals surface area contributed by atoms with Gasteiger partial charge in [0.25, 0.3) is 0 Å². The monoisotopic (exact) mass is 352 g/mol. The molecule has 2 aromatic carbocycles. The minimum Gasteiger partial charge on any atom is -0.411 e. The van der Waals surface area contributed by atoms with E-state index in [0.29, 0.717) is 5.71 Å². The van der Waals surface area contributed by atoms with Crippen LogP contribution in [0.4, 0.5) is 11.4 Å². The molecule has 0 atom stereocenters. The first-order valence-corrected chi connectivity index (χ1v) is 6.59. The molecule has 0 saturated heterocycles. The van der Waals surface area contributed by atoms with Crippen molar-refractivity contribution in [2.24, 2.45) is 5.16 Å². The molecule has 0 fully saturated rings. The van der Waals surface area contributed by atoms with Crippen LogP contribution < -0.4 is 5.32 Å². The second-order valence-electron chi connectivity index (χ2n) is 3.86. The number of para-hydroxylation sites is 1. The molecule has 0 aromatic heterocycles. The normalized spacial score (nSPS) is 11.3. The van der Waals surface area contributed by atoms with Crippen molar-refractivity contribution < 1.29 is 5.21 Å². The zero-order chi connectivity index (χ0) is 13.0. The van der Waals surface area contributed by atoms with E-state index in [-0.39, 0.29) is 0 Å². The average molecular weight is 352 g/mol. The summed E-state index contributed by atoms with van der Waals surface area (Å²) in [5.74, 6) is 0. The molecule has 2 rings (SSSR count). The largest absolute Gasteiger partial charge is 0.411 e. The van der Waals surface area contributed by atoms with Crippen LogP contribution >= 0.6 is 22.6 Å². The van der Waals surface area contributed by atoms with E-state index in [2.05, 4.69) is 33.1 Å². The third-order valence-electron chi connectivity index (χ3n) is 2.59. The molecule has 18 heavy (non-hydrogen) atoms. The fraction of sp³-hybridized carbons (Fsp3) is 0.0714. The predicted octanol–water partition coefficient (Wildman–Crippen LogP) is 4.23. The Hall–Kier alpha value is -1.56. The number of oxime groups is 1. The lowest BCUT2D eigenvalue weighted by atomic mass is 10.1. The Morgan fingerprint density at radius 3 is 2.44 bits per heavy atom. The van der Waals surface area contributed by atoms with E-state index in [1.807, 2.05) is 48.5 Å². The van der Waals surface area contributed by atoms with Gasteiger partial charge < -0.3 is 10.5 Å². The molecule has 0 spiro atoms. The SMILES string of the molecule is C/C(=N\O)c1ccccc1Nc1ccc(I)cc1. The number of rotatable bonds is 3. The molecular formula is C14H13IN2O. The smallest absolute Gasteiger partial charge is 0.0857 e. The molecule has 0 bridgehead atoms. The molecular weight excluding hydrogens is 339 g/mol. The van der Waals surface area contributed by atoms with Gasteiger partial charge in [-0.1, -0.05) is 23.4 Å². The van der Waals surface area contributed by atoms with Gasteiger partial charge in [-0.25, -0.2) is 0 Å². The van der Waals surface area contributed by atoms with Crippen LogP contribution in [0.15, 0.2) is 53.7 Å². The number of halogens is 1. The first-order chi connectivity index (χ1) is 8.70. The standard InChI is InChI=1S/C14H13IN2O/c1-10(17-18)13-4-2-3-5-14(13)16-12-8-6-11(15)7-9-12/h2-9,16,18H,1H3/b17-10+. The van der Waals surface area contributed by atoms with Gasteiger partial charge >= 0.3 is 0 Å². The Morgan fingerprint density at radius 1 is 1.11 bits per heavy atom. The Bertz CT molecular complexity index is 564. The number of hydrogen-bond acceptors (Lipinski definition) is 3. The minimum atomic E-state index is 0.587. The summed E-state index contributed by atoms with van der Waals surface area (Å²) >= 11 is 2.27. The molecule has 0 aliphatic rings. The molecule has 0 radical (unpaired) electrons. The van der Waals surface area contributed by atoms with E-state index in [1.54, 1.807) is 6.92 Å². The van der Waals surface area contributed by atoms with Gasteiger partial charge in [-0.05, 0) is 59.8 Å². The van der Waals surface area contributed by atoms with E-state index in [1.165, 1.54) is 3.57 Å². The topological polar surface area (TPSA) is 44.6 Å².